The Balaban J connectivity index is 1.41. The fourth-order valence-corrected chi connectivity index (χ4v) is 3.59. The number of nitrogens with one attached hydrogen (secondary N) is 2. The molecule has 0 spiro atoms. The minimum absolute atomic E-state index is 0.525. The Morgan fingerprint density at radius 2 is 2.00 bits per heavy atom. The summed E-state index contributed by atoms with van der Waals surface area (Å²) in [4.78, 5) is 6.93. The first kappa shape index (κ1) is 16.3. The van der Waals surface area contributed by atoms with Crippen LogP contribution in [0, 0.1) is 6.92 Å². The van der Waals surface area contributed by atoms with E-state index in [-0.39, 0.29) is 0 Å². The zero-order valence-electron chi connectivity index (χ0n) is 14.5. The van der Waals surface area contributed by atoms with Crippen LogP contribution in [-0.4, -0.2) is 50.1 Å². The first-order valence-electron chi connectivity index (χ1n) is 9.03. The quantitative estimate of drug-likeness (QED) is 0.648. The van der Waals surface area contributed by atoms with Gasteiger partial charge in [-0.05, 0) is 50.4 Å². The Morgan fingerprint density at radius 3 is 2.74 bits per heavy atom. The van der Waals surface area contributed by atoms with Crippen LogP contribution in [0.4, 0.5) is 0 Å². The third-order valence-electron chi connectivity index (χ3n) is 5.09. The molecule has 23 heavy (non-hydrogen) atoms. The third kappa shape index (κ3) is 4.47. The molecule has 2 aliphatic rings. The van der Waals surface area contributed by atoms with Gasteiger partial charge in [0.2, 0.25) is 0 Å². The number of hydrogen-bond acceptors (Lipinski definition) is 2. The molecule has 4 heteroatoms. The number of rotatable bonds is 5. The first-order valence-corrected chi connectivity index (χ1v) is 9.03. The van der Waals surface area contributed by atoms with Crippen LogP contribution in [0.3, 0.4) is 0 Å². The normalized spacial score (nSPS) is 25.2. The summed E-state index contributed by atoms with van der Waals surface area (Å²) < 4.78 is 0. The van der Waals surface area contributed by atoms with Crippen LogP contribution in [0.5, 0.6) is 0 Å². The van der Waals surface area contributed by atoms with Crippen molar-refractivity contribution in [2.24, 2.45) is 4.99 Å². The maximum Gasteiger partial charge on any atom is 0.191 e. The summed E-state index contributed by atoms with van der Waals surface area (Å²) in [6.45, 7) is 6.81. The molecular formula is C19H30N4. The largest absolute Gasteiger partial charge is 0.355 e. The smallest absolute Gasteiger partial charge is 0.191 e. The van der Waals surface area contributed by atoms with Crippen molar-refractivity contribution in [2.75, 3.05) is 33.2 Å². The molecule has 0 bridgehead atoms. The highest BCUT2D eigenvalue weighted by atomic mass is 15.2. The van der Waals surface area contributed by atoms with E-state index in [1.807, 2.05) is 7.05 Å². The highest BCUT2D eigenvalue weighted by Crippen LogP contribution is 2.41. The molecule has 1 aliphatic carbocycles. The van der Waals surface area contributed by atoms with Gasteiger partial charge >= 0.3 is 0 Å². The van der Waals surface area contributed by atoms with E-state index in [1.165, 1.54) is 49.9 Å². The monoisotopic (exact) mass is 314 g/mol. The fourth-order valence-electron chi connectivity index (χ4n) is 3.59. The average molecular weight is 314 g/mol. The Hall–Kier alpha value is -1.55. The molecule has 3 rings (SSSR count). The van der Waals surface area contributed by atoms with Crippen molar-refractivity contribution in [1.82, 2.24) is 15.5 Å². The van der Waals surface area contributed by atoms with Gasteiger partial charge in [0.15, 0.2) is 5.96 Å². The topological polar surface area (TPSA) is 39.7 Å². The van der Waals surface area contributed by atoms with Gasteiger partial charge < -0.3 is 15.5 Å². The van der Waals surface area contributed by atoms with E-state index in [0.29, 0.717) is 12.0 Å². The molecule has 1 aromatic carbocycles. The van der Waals surface area contributed by atoms with Crippen LogP contribution in [0.1, 0.15) is 42.7 Å². The fraction of sp³-hybridized carbons (Fsp3) is 0.632. The van der Waals surface area contributed by atoms with E-state index in [0.717, 1.165) is 19.0 Å². The Bertz CT molecular complexity index is 534. The lowest BCUT2D eigenvalue weighted by Gasteiger charge is -2.26. The van der Waals surface area contributed by atoms with E-state index in [9.17, 15) is 0 Å². The van der Waals surface area contributed by atoms with Gasteiger partial charge in [0, 0.05) is 32.1 Å². The summed E-state index contributed by atoms with van der Waals surface area (Å²) in [7, 11) is 1.86. The summed E-state index contributed by atoms with van der Waals surface area (Å²) in [5, 5.41) is 7.05. The summed E-state index contributed by atoms with van der Waals surface area (Å²) >= 11 is 0. The summed E-state index contributed by atoms with van der Waals surface area (Å²) in [5.74, 6) is 1.58. The van der Waals surface area contributed by atoms with Crippen molar-refractivity contribution in [3.05, 3.63) is 35.4 Å². The molecule has 2 N–H and O–H groups in total. The van der Waals surface area contributed by atoms with Gasteiger partial charge in [-0.1, -0.05) is 30.7 Å². The SMILES string of the molecule is CN=C(NCCN1CCCCC1)NC1CC1c1ccccc1C. The van der Waals surface area contributed by atoms with Crippen LogP contribution in [0.15, 0.2) is 29.3 Å². The molecule has 0 radical (unpaired) electrons. The van der Waals surface area contributed by atoms with Gasteiger partial charge in [0.1, 0.15) is 0 Å². The van der Waals surface area contributed by atoms with Gasteiger partial charge in [0.25, 0.3) is 0 Å². The number of aryl methyl sites for hydroxylation is 1. The minimum atomic E-state index is 0.525. The van der Waals surface area contributed by atoms with Gasteiger partial charge in [-0.25, -0.2) is 0 Å². The van der Waals surface area contributed by atoms with Crippen molar-refractivity contribution in [1.29, 1.82) is 0 Å². The predicted octanol–water partition coefficient (Wildman–Crippen LogP) is 2.50. The molecule has 2 fully saturated rings. The number of aliphatic imine (C=N–C) groups is 1. The molecule has 1 heterocycles. The molecule has 1 aromatic rings. The molecule has 1 saturated heterocycles. The molecule has 0 aromatic heterocycles. The summed E-state index contributed by atoms with van der Waals surface area (Å²) in [6, 6.07) is 9.25. The number of guanidine groups is 1. The van der Waals surface area contributed by atoms with Crippen LogP contribution in [-0.2, 0) is 0 Å². The zero-order valence-corrected chi connectivity index (χ0v) is 14.5. The Morgan fingerprint density at radius 1 is 1.22 bits per heavy atom. The minimum Gasteiger partial charge on any atom is -0.355 e. The molecule has 2 unspecified atom stereocenters. The van der Waals surface area contributed by atoms with E-state index < -0.39 is 0 Å². The van der Waals surface area contributed by atoms with Crippen molar-refractivity contribution in [2.45, 2.75) is 44.6 Å². The van der Waals surface area contributed by atoms with E-state index >= 15 is 0 Å². The van der Waals surface area contributed by atoms with Crippen molar-refractivity contribution in [3.63, 3.8) is 0 Å². The van der Waals surface area contributed by atoms with Crippen LogP contribution < -0.4 is 10.6 Å². The van der Waals surface area contributed by atoms with Crippen molar-refractivity contribution in [3.8, 4) is 0 Å². The molecule has 1 saturated carbocycles. The number of benzene rings is 1. The first-order chi connectivity index (χ1) is 11.3. The van der Waals surface area contributed by atoms with Crippen molar-refractivity contribution >= 4 is 5.96 Å². The number of likely N-dealkylation sites (tertiary alicyclic amines) is 1. The van der Waals surface area contributed by atoms with Gasteiger partial charge in [-0.3, -0.25) is 4.99 Å². The Labute approximate surface area is 140 Å². The second-order valence-electron chi connectivity index (χ2n) is 6.85. The number of hydrogen-bond donors (Lipinski definition) is 2. The molecule has 126 valence electrons. The molecule has 1 aliphatic heterocycles. The number of piperidine rings is 1. The van der Waals surface area contributed by atoms with Crippen LogP contribution in [0.25, 0.3) is 0 Å². The van der Waals surface area contributed by atoms with E-state index in [1.54, 1.807) is 0 Å². The zero-order chi connectivity index (χ0) is 16.1. The van der Waals surface area contributed by atoms with E-state index in [4.69, 9.17) is 0 Å². The summed E-state index contributed by atoms with van der Waals surface area (Å²) in [5.41, 5.74) is 2.88. The number of nitrogens with zero attached hydrogens (tertiary/aromatic N) is 2. The van der Waals surface area contributed by atoms with E-state index in [2.05, 4.69) is 51.7 Å². The van der Waals surface area contributed by atoms with Gasteiger partial charge in [0.05, 0.1) is 0 Å². The molecule has 4 nitrogen and oxygen atoms in total. The molecular weight excluding hydrogens is 284 g/mol. The Kier molecular flexibility index (Phi) is 5.55. The lowest BCUT2D eigenvalue weighted by molar-refractivity contribution is 0.232. The second-order valence-corrected chi connectivity index (χ2v) is 6.85. The predicted molar refractivity (Wildman–Crippen MR) is 97.1 cm³/mol. The second kappa shape index (κ2) is 7.82. The average Bonchev–Trinajstić information content (AvgIpc) is 3.34. The maximum absolute atomic E-state index is 4.38. The van der Waals surface area contributed by atoms with Crippen LogP contribution in [0.2, 0.25) is 0 Å². The van der Waals surface area contributed by atoms with Gasteiger partial charge in [-0.15, -0.1) is 0 Å². The maximum atomic E-state index is 4.38. The highest BCUT2D eigenvalue weighted by Gasteiger charge is 2.39. The summed E-state index contributed by atoms with van der Waals surface area (Å²) in [6.07, 6.45) is 5.31. The third-order valence-corrected chi connectivity index (χ3v) is 5.09. The van der Waals surface area contributed by atoms with Crippen LogP contribution >= 0.6 is 0 Å². The van der Waals surface area contributed by atoms with Gasteiger partial charge in [-0.2, -0.15) is 0 Å². The highest BCUT2D eigenvalue weighted by molar-refractivity contribution is 5.80. The molecule has 0 amide bonds. The standard InChI is InChI=1S/C19H30N4/c1-15-8-4-5-9-16(15)17-14-18(17)22-19(20-2)21-10-13-23-11-6-3-7-12-23/h4-5,8-9,17-18H,3,6-7,10-14H2,1-2H3,(H2,20,21,22). The lowest BCUT2D eigenvalue weighted by Crippen LogP contribution is -2.43. The lowest BCUT2D eigenvalue weighted by atomic mass is 10.0. The molecule has 2 atom stereocenters. The van der Waals surface area contributed by atoms with Crippen molar-refractivity contribution < 1.29 is 0 Å².